The van der Waals surface area contributed by atoms with E-state index in [1.807, 2.05) is 0 Å². The number of aromatic nitrogens is 2. The minimum atomic E-state index is 0.370. The molecule has 0 saturated carbocycles. The Morgan fingerprint density at radius 3 is 3.11 bits per heavy atom. The summed E-state index contributed by atoms with van der Waals surface area (Å²) in [6.45, 7) is 3.85. The van der Waals surface area contributed by atoms with Crippen LogP contribution in [-0.2, 0) is 15.9 Å². The third-order valence-corrected chi connectivity index (χ3v) is 3.03. The second-order valence-electron chi connectivity index (χ2n) is 4.45. The van der Waals surface area contributed by atoms with Crippen LogP contribution in [0.15, 0.2) is 4.52 Å². The van der Waals surface area contributed by atoms with E-state index in [1.165, 1.54) is 6.42 Å². The number of hydrogen-bond donors (Lipinski definition) is 1. The first kappa shape index (κ1) is 13.5. The van der Waals surface area contributed by atoms with Crippen molar-refractivity contribution >= 4 is 0 Å². The van der Waals surface area contributed by atoms with Crippen LogP contribution in [0.25, 0.3) is 0 Å². The minimum Gasteiger partial charge on any atom is -0.382 e. The summed E-state index contributed by atoms with van der Waals surface area (Å²) in [6, 6.07) is 0. The lowest BCUT2D eigenvalue weighted by Gasteiger charge is -2.18. The number of rotatable bonds is 7. The van der Waals surface area contributed by atoms with Gasteiger partial charge in [-0.2, -0.15) is 4.98 Å². The van der Waals surface area contributed by atoms with E-state index in [-0.39, 0.29) is 0 Å². The van der Waals surface area contributed by atoms with Gasteiger partial charge in [0.05, 0.1) is 25.7 Å². The van der Waals surface area contributed by atoms with E-state index in [4.69, 9.17) is 14.0 Å². The van der Waals surface area contributed by atoms with Gasteiger partial charge in [-0.1, -0.05) is 5.16 Å². The van der Waals surface area contributed by atoms with Crippen LogP contribution in [0.3, 0.4) is 0 Å². The van der Waals surface area contributed by atoms with E-state index in [0.29, 0.717) is 32.2 Å². The fraction of sp³-hybridized carbons (Fsp3) is 0.833. The number of methoxy groups -OCH3 is 1. The van der Waals surface area contributed by atoms with E-state index in [1.54, 1.807) is 7.11 Å². The van der Waals surface area contributed by atoms with Crippen molar-refractivity contribution < 1.29 is 14.0 Å². The van der Waals surface area contributed by atoms with E-state index >= 15 is 0 Å². The molecule has 1 unspecified atom stereocenters. The zero-order chi connectivity index (χ0) is 12.6. The first-order valence-corrected chi connectivity index (χ1v) is 6.50. The fourth-order valence-electron chi connectivity index (χ4n) is 2.01. The molecule has 2 rings (SSSR count). The Labute approximate surface area is 107 Å². The van der Waals surface area contributed by atoms with Crippen molar-refractivity contribution in [2.75, 3.05) is 40.0 Å². The Balaban J connectivity index is 1.72. The monoisotopic (exact) mass is 255 g/mol. The van der Waals surface area contributed by atoms with E-state index < -0.39 is 0 Å². The third kappa shape index (κ3) is 4.04. The average molecular weight is 255 g/mol. The van der Waals surface area contributed by atoms with E-state index in [2.05, 4.69) is 15.5 Å². The predicted molar refractivity (Wildman–Crippen MR) is 65.5 cm³/mol. The maximum atomic E-state index is 5.37. The lowest BCUT2D eigenvalue weighted by molar-refractivity contribution is 0.0714. The van der Waals surface area contributed by atoms with Gasteiger partial charge in [-0.15, -0.1) is 0 Å². The molecule has 1 fully saturated rings. The lowest BCUT2D eigenvalue weighted by Crippen LogP contribution is -2.28. The zero-order valence-corrected chi connectivity index (χ0v) is 10.9. The molecule has 0 aromatic carbocycles. The molecular formula is C12H21N3O3. The van der Waals surface area contributed by atoms with Crippen molar-refractivity contribution in [3.05, 3.63) is 11.7 Å². The molecule has 2 heterocycles. The summed E-state index contributed by atoms with van der Waals surface area (Å²) >= 11 is 0. The molecule has 0 spiro atoms. The molecule has 1 aliphatic heterocycles. The second kappa shape index (κ2) is 7.45. The number of nitrogens with zero attached hydrogens (tertiary/aromatic N) is 2. The van der Waals surface area contributed by atoms with Crippen molar-refractivity contribution in [1.29, 1.82) is 0 Å². The molecule has 0 aliphatic carbocycles. The van der Waals surface area contributed by atoms with Crippen molar-refractivity contribution in [3.63, 3.8) is 0 Å². The Morgan fingerprint density at radius 2 is 2.33 bits per heavy atom. The highest BCUT2D eigenvalue weighted by molar-refractivity contribution is 4.96. The number of hydrogen-bond acceptors (Lipinski definition) is 6. The van der Waals surface area contributed by atoms with Crippen LogP contribution in [0.5, 0.6) is 0 Å². The lowest BCUT2D eigenvalue weighted by atomic mass is 10.00. The smallest absolute Gasteiger partial charge is 0.231 e. The molecule has 102 valence electrons. The van der Waals surface area contributed by atoms with Gasteiger partial charge in [0.1, 0.15) is 0 Å². The predicted octanol–water partition coefficient (Wildman–Crippen LogP) is 0.742. The Morgan fingerprint density at radius 1 is 1.39 bits per heavy atom. The summed E-state index contributed by atoms with van der Waals surface area (Å²) in [5.74, 6) is 1.86. The second-order valence-corrected chi connectivity index (χ2v) is 4.45. The molecule has 18 heavy (non-hydrogen) atoms. The third-order valence-electron chi connectivity index (χ3n) is 3.03. The molecule has 6 heteroatoms. The largest absolute Gasteiger partial charge is 0.382 e. The van der Waals surface area contributed by atoms with Crippen LogP contribution in [0, 0.1) is 0 Å². The highest BCUT2D eigenvalue weighted by Gasteiger charge is 2.21. The number of nitrogens with one attached hydrogen (secondary N) is 1. The SMILES string of the molecule is COCCOCCc1noc(C2CCCNC2)n1. The molecule has 0 amide bonds. The summed E-state index contributed by atoms with van der Waals surface area (Å²) in [5.41, 5.74) is 0. The summed E-state index contributed by atoms with van der Waals surface area (Å²) in [4.78, 5) is 4.42. The van der Waals surface area contributed by atoms with Gasteiger partial charge in [-0.25, -0.2) is 0 Å². The van der Waals surface area contributed by atoms with Gasteiger partial charge in [0.15, 0.2) is 5.82 Å². The molecule has 6 nitrogen and oxygen atoms in total. The normalized spacial score (nSPS) is 20.2. The standard InChI is InChI=1S/C12H21N3O3/c1-16-7-8-17-6-4-11-14-12(18-15-11)10-3-2-5-13-9-10/h10,13H,2-9H2,1H3. The molecule has 1 aliphatic rings. The topological polar surface area (TPSA) is 69.4 Å². The van der Waals surface area contributed by atoms with E-state index in [0.717, 1.165) is 31.2 Å². The van der Waals surface area contributed by atoms with Gasteiger partial charge in [0, 0.05) is 20.1 Å². The molecule has 1 aromatic heterocycles. The van der Waals surface area contributed by atoms with Crippen LogP contribution >= 0.6 is 0 Å². The minimum absolute atomic E-state index is 0.370. The molecule has 0 bridgehead atoms. The van der Waals surface area contributed by atoms with Crippen molar-refractivity contribution in [3.8, 4) is 0 Å². The summed E-state index contributed by atoms with van der Waals surface area (Å²) < 4.78 is 15.6. The summed E-state index contributed by atoms with van der Waals surface area (Å²) in [6.07, 6.45) is 2.98. The molecule has 1 saturated heterocycles. The quantitative estimate of drug-likeness (QED) is 0.725. The van der Waals surface area contributed by atoms with Gasteiger partial charge >= 0.3 is 0 Å². The molecule has 1 N–H and O–H groups in total. The van der Waals surface area contributed by atoms with Crippen molar-refractivity contribution in [2.45, 2.75) is 25.2 Å². The maximum absolute atomic E-state index is 5.37. The van der Waals surface area contributed by atoms with Crippen LogP contribution in [0.4, 0.5) is 0 Å². The van der Waals surface area contributed by atoms with Gasteiger partial charge < -0.3 is 19.3 Å². The van der Waals surface area contributed by atoms with Crippen molar-refractivity contribution in [2.24, 2.45) is 0 Å². The van der Waals surface area contributed by atoms with Gasteiger partial charge in [0.25, 0.3) is 0 Å². The highest BCUT2D eigenvalue weighted by Crippen LogP contribution is 2.21. The van der Waals surface area contributed by atoms with Gasteiger partial charge in [-0.05, 0) is 19.4 Å². The first-order valence-electron chi connectivity index (χ1n) is 6.50. The van der Waals surface area contributed by atoms with E-state index in [9.17, 15) is 0 Å². The number of piperidine rings is 1. The summed E-state index contributed by atoms with van der Waals surface area (Å²) in [7, 11) is 1.66. The van der Waals surface area contributed by atoms with Crippen LogP contribution < -0.4 is 5.32 Å². The molecule has 1 atom stereocenters. The van der Waals surface area contributed by atoms with Gasteiger partial charge in [-0.3, -0.25) is 0 Å². The Bertz CT molecular complexity index is 337. The fourth-order valence-corrected chi connectivity index (χ4v) is 2.01. The van der Waals surface area contributed by atoms with Gasteiger partial charge in [0.2, 0.25) is 5.89 Å². The Hall–Kier alpha value is -0.980. The maximum Gasteiger partial charge on any atom is 0.231 e. The van der Waals surface area contributed by atoms with Crippen LogP contribution in [-0.4, -0.2) is 50.2 Å². The molecule has 0 radical (unpaired) electrons. The van der Waals surface area contributed by atoms with Crippen molar-refractivity contribution in [1.82, 2.24) is 15.5 Å². The Kier molecular flexibility index (Phi) is 5.57. The van der Waals surface area contributed by atoms with Crippen LogP contribution in [0.1, 0.15) is 30.5 Å². The van der Waals surface area contributed by atoms with Crippen LogP contribution in [0.2, 0.25) is 0 Å². The molecular weight excluding hydrogens is 234 g/mol. The summed E-state index contributed by atoms with van der Waals surface area (Å²) in [5, 5.41) is 7.33. The zero-order valence-electron chi connectivity index (χ0n) is 10.9. The highest BCUT2D eigenvalue weighted by atomic mass is 16.5. The first-order chi connectivity index (χ1) is 8.90. The molecule has 1 aromatic rings. The number of ether oxygens (including phenoxy) is 2. The average Bonchev–Trinajstić information content (AvgIpc) is 2.88.